The molecule has 1 rings (SSSR count). The Kier molecular flexibility index (Phi) is 5.01. The third kappa shape index (κ3) is 4.04. The van der Waals surface area contributed by atoms with E-state index in [4.69, 9.17) is 9.52 Å². The minimum absolute atomic E-state index is 0.0116. The van der Waals surface area contributed by atoms with Crippen LogP contribution in [0.1, 0.15) is 23.2 Å². The van der Waals surface area contributed by atoms with Crippen LogP contribution < -0.4 is 5.32 Å². The highest BCUT2D eigenvalue weighted by atomic mass is 16.4. The van der Waals surface area contributed by atoms with Crippen LogP contribution in [0.4, 0.5) is 0 Å². The summed E-state index contributed by atoms with van der Waals surface area (Å²) in [6, 6.07) is 3.15. The van der Waals surface area contributed by atoms with Gasteiger partial charge in [-0.15, -0.1) is 0 Å². The van der Waals surface area contributed by atoms with Crippen molar-refractivity contribution < 1.29 is 14.3 Å². The number of hydrogen-bond donors (Lipinski definition) is 2. The van der Waals surface area contributed by atoms with Crippen LogP contribution in [0.15, 0.2) is 16.5 Å². The Morgan fingerprint density at radius 1 is 1.56 bits per heavy atom. The largest absolute Gasteiger partial charge is 0.475 e. The zero-order chi connectivity index (χ0) is 12.0. The average molecular weight is 226 g/mol. The number of carbonyl (C=O) groups is 1. The van der Waals surface area contributed by atoms with Crippen LogP contribution in [0.5, 0.6) is 0 Å². The van der Waals surface area contributed by atoms with E-state index in [1.54, 1.807) is 6.07 Å². The van der Waals surface area contributed by atoms with Crippen LogP contribution in [0, 0.1) is 0 Å². The van der Waals surface area contributed by atoms with Gasteiger partial charge in [-0.1, -0.05) is 6.92 Å². The van der Waals surface area contributed by atoms with Gasteiger partial charge in [0.15, 0.2) is 0 Å². The minimum Gasteiger partial charge on any atom is -0.475 e. The van der Waals surface area contributed by atoms with Gasteiger partial charge in [0.25, 0.3) is 0 Å². The summed E-state index contributed by atoms with van der Waals surface area (Å²) in [5.41, 5.74) is 0. The van der Waals surface area contributed by atoms with Crippen LogP contribution in [0.2, 0.25) is 0 Å². The normalized spacial score (nSPS) is 10.9. The number of likely N-dealkylation sites (N-methyl/N-ethyl adjacent to an activating group) is 1. The number of carboxylic acids is 1. The second kappa shape index (κ2) is 6.30. The summed E-state index contributed by atoms with van der Waals surface area (Å²) in [5.74, 6) is -0.393. The first-order chi connectivity index (χ1) is 7.63. The summed E-state index contributed by atoms with van der Waals surface area (Å²) >= 11 is 0. The SMILES string of the molecule is CCN(C)CCNCc1ccc(C(=O)O)o1. The first kappa shape index (κ1) is 12.7. The molecule has 90 valence electrons. The van der Waals surface area contributed by atoms with E-state index in [2.05, 4.69) is 24.2 Å². The van der Waals surface area contributed by atoms with Crippen LogP contribution in [0.3, 0.4) is 0 Å². The molecule has 5 nitrogen and oxygen atoms in total. The fourth-order valence-corrected chi connectivity index (χ4v) is 1.23. The van der Waals surface area contributed by atoms with Gasteiger partial charge < -0.3 is 19.7 Å². The number of hydrogen-bond acceptors (Lipinski definition) is 4. The van der Waals surface area contributed by atoms with E-state index in [1.807, 2.05) is 0 Å². The van der Waals surface area contributed by atoms with Crippen molar-refractivity contribution in [2.45, 2.75) is 13.5 Å². The first-order valence-corrected chi connectivity index (χ1v) is 5.34. The van der Waals surface area contributed by atoms with Crippen molar-refractivity contribution in [3.05, 3.63) is 23.7 Å². The second-order valence-corrected chi connectivity index (χ2v) is 3.64. The van der Waals surface area contributed by atoms with Gasteiger partial charge in [-0.25, -0.2) is 4.79 Å². The molecule has 1 aromatic rings. The molecule has 0 aromatic carbocycles. The van der Waals surface area contributed by atoms with Gasteiger partial charge in [0.1, 0.15) is 5.76 Å². The molecule has 0 fully saturated rings. The smallest absolute Gasteiger partial charge is 0.371 e. The van der Waals surface area contributed by atoms with Gasteiger partial charge in [-0.05, 0) is 25.7 Å². The average Bonchev–Trinajstić information content (AvgIpc) is 2.72. The number of furan rings is 1. The summed E-state index contributed by atoms with van der Waals surface area (Å²) < 4.78 is 5.10. The van der Waals surface area contributed by atoms with Crippen molar-refractivity contribution in [2.75, 3.05) is 26.7 Å². The van der Waals surface area contributed by atoms with Crippen molar-refractivity contribution in [1.29, 1.82) is 0 Å². The van der Waals surface area contributed by atoms with Crippen molar-refractivity contribution in [2.24, 2.45) is 0 Å². The molecular formula is C11H18N2O3. The van der Waals surface area contributed by atoms with E-state index in [0.29, 0.717) is 12.3 Å². The molecule has 1 aromatic heterocycles. The Morgan fingerprint density at radius 3 is 2.88 bits per heavy atom. The monoisotopic (exact) mass is 226 g/mol. The van der Waals surface area contributed by atoms with Crippen LogP contribution in [0.25, 0.3) is 0 Å². The molecule has 0 saturated carbocycles. The van der Waals surface area contributed by atoms with E-state index < -0.39 is 5.97 Å². The van der Waals surface area contributed by atoms with E-state index in [-0.39, 0.29) is 5.76 Å². The summed E-state index contributed by atoms with van der Waals surface area (Å²) in [5, 5.41) is 11.8. The summed E-state index contributed by atoms with van der Waals surface area (Å²) in [4.78, 5) is 12.7. The van der Waals surface area contributed by atoms with Crippen molar-refractivity contribution in [3.63, 3.8) is 0 Å². The molecule has 0 aliphatic heterocycles. The summed E-state index contributed by atoms with van der Waals surface area (Å²) in [6.45, 7) is 5.50. The van der Waals surface area contributed by atoms with E-state index >= 15 is 0 Å². The highest BCUT2D eigenvalue weighted by Crippen LogP contribution is 2.06. The fraction of sp³-hybridized carbons (Fsp3) is 0.545. The molecule has 0 aliphatic rings. The predicted molar refractivity (Wildman–Crippen MR) is 60.5 cm³/mol. The number of nitrogens with one attached hydrogen (secondary N) is 1. The molecule has 1 heterocycles. The molecule has 2 N–H and O–H groups in total. The summed E-state index contributed by atoms with van der Waals surface area (Å²) in [7, 11) is 2.05. The Morgan fingerprint density at radius 2 is 2.31 bits per heavy atom. The number of nitrogens with zero attached hydrogens (tertiary/aromatic N) is 1. The molecule has 0 bridgehead atoms. The third-order valence-corrected chi connectivity index (χ3v) is 2.38. The van der Waals surface area contributed by atoms with Crippen molar-refractivity contribution in [1.82, 2.24) is 10.2 Å². The molecule has 16 heavy (non-hydrogen) atoms. The molecule has 5 heteroatoms. The zero-order valence-electron chi connectivity index (χ0n) is 9.69. The number of aromatic carboxylic acids is 1. The van der Waals surface area contributed by atoms with Crippen LogP contribution in [-0.4, -0.2) is 42.7 Å². The van der Waals surface area contributed by atoms with Gasteiger partial charge >= 0.3 is 5.97 Å². The Labute approximate surface area is 95.0 Å². The fourth-order valence-electron chi connectivity index (χ4n) is 1.23. The molecule has 0 unspecified atom stereocenters. The van der Waals surface area contributed by atoms with Crippen molar-refractivity contribution >= 4 is 5.97 Å². The molecule has 0 saturated heterocycles. The quantitative estimate of drug-likeness (QED) is 0.679. The van der Waals surface area contributed by atoms with E-state index in [1.165, 1.54) is 6.07 Å². The van der Waals surface area contributed by atoms with E-state index in [9.17, 15) is 4.79 Å². The van der Waals surface area contributed by atoms with Gasteiger partial charge in [-0.2, -0.15) is 0 Å². The zero-order valence-corrected chi connectivity index (χ0v) is 9.69. The predicted octanol–water partition coefficient (Wildman–Crippen LogP) is 1.02. The lowest BCUT2D eigenvalue weighted by atomic mass is 10.4. The highest BCUT2D eigenvalue weighted by molar-refractivity contribution is 5.84. The topological polar surface area (TPSA) is 65.7 Å². The maximum absolute atomic E-state index is 10.6. The Bertz CT molecular complexity index is 336. The lowest BCUT2D eigenvalue weighted by molar-refractivity contribution is 0.0660. The first-order valence-electron chi connectivity index (χ1n) is 5.34. The van der Waals surface area contributed by atoms with Gasteiger partial charge in [-0.3, -0.25) is 0 Å². The van der Waals surface area contributed by atoms with Gasteiger partial charge in [0, 0.05) is 13.1 Å². The number of rotatable bonds is 7. The molecule has 0 spiro atoms. The molecule has 0 amide bonds. The maximum atomic E-state index is 10.6. The van der Waals surface area contributed by atoms with Crippen molar-refractivity contribution in [3.8, 4) is 0 Å². The van der Waals surface area contributed by atoms with Gasteiger partial charge in [0.05, 0.1) is 6.54 Å². The van der Waals surface area contributed by atoms with Crippen LogP contribution in [-0.2, 0) is 6.54 Å². The molecule has 0 radical (unpaired) electrons. The number of carboxylic acid groups (broad SMARTS) is 1. The lowest BCUT2D eigenvalue weighted by Gasteiger charge is -2.13. The Balaban J connectivity index is 2.24. The van der Waals surface area contributed by atoms with E-state index in [0.717, 1.165) is 19.6 Å². The second-order valence-electron chi connectivity index (χ2n) is 3.64. The summed E-state index contributed by atoms with van der Waals surface area (Å²) in [6.07, 6.45) is 0. The highest BCUT2D eigenvalue weighted by Gasteiger charge is 2.08. The molecule has 0 atom stereocenters. The molecular weight excluding hydrogens is 208 g/mol. The van der Waals surface area contributed by atoms with Gasteiger partial charge in [0.2, 0.25) is 5.76 Å². The Hall–Kier alpha value is -1.33. The standard InChI is InChI=1S/C11H18N2O3/c1-3-13(2)7-6-12-8-9-4-5-10(16-9)11(14)15/h4-5,12H,3,6-8H2,1-2H3,(H,14,15). The lowest BCUT2D eigenvalue weighted by Crippen LogP contribution is -2.28. The third-order valence-electron chi connectivity index (χ3n) is 2.38. The minimum atomic E-state index is -1.03. The van der Waals surface area contributed by atoms with Crippen LogP contribution >= 0.6 is 0 Å². The maximum Gasteiger partial charge on any atom is 0.371 e. The molecule has 0 aliphatic carbocycles.